The van der Waals surface area contributed by atoms with Gasteiger partial charge in [0.2, 0.25) is 0 Å². The second-order valence-electron chi connectivity index (χ2n) is 4.20. The molecule has 1 unspecified atom stereocenters. The van der Waals surface area contributed by atoms with Crippen molar-refractivity contribution >= 4 is 11.6 Å². The van der Waals surface area contributed by atoms with Crippen LogP contribution in [0.1, 0.15) is 45.4 Å². The van der Waals surface area contributed by atoms with Gasteiger partial charge < -0.3 is 0 Å². The molecule has 1 heterocycles. The number of hydrogen-bond donors (Lipinski definition) is 0. The quantitative estimate of drug-likeness (QED) is 0.663. The Morgan fingerprint density at radius 2 is 2.29 bits per heavy atom. The van der Waals surface area contributed by atoms with E-state index in [-0.39, 0.29) is 11.8 Å². The molecule has 2 rings (SSSR count). The van der Waals surface area contributed by atoms with E-state index in [1.807, 2.05) is 0 Å². The average molecular weight is 194 g/mol. The lowest BCUT2D eigenvalue weighted by atomic mass is 9.98. The van der Waals surface area contributed by atoms with E-state index in [2.05, 4.69) is 12.0 Å². The van der Waals surface area contributed by atoms with E-state index in [0.717, 1.165) is 31.5 Å². The molecule has 0 radical (unpaired) electrons. The van der Waals surface area contributed by atoms with Crippen molar-refractivity contribution in [2.24, 2.45) is 11.0 Å². The van der Waals surface area contributed by atoms with Crippen LogP contribution in [0, 0.1) is 5.92 Å². The summed E-state index contributed by atoms with van der Waals surface area (Å²) in [7, 11) is 0. The van der Waals surface area contributed by atoms with Crippen LogP contribution >= 0.6 is 0 Å². The van der Waals surface area contributed by atoms with Crippen molar-refractivity contribution < 1.29 is 4.79 Å². The molecule has 14 heavy (non-hydrogen) atoms. The molecule has 1 aliphatic heterocycles. The fourth-order valence-electron chi connectivity index (χ4n) is 2.31. The van der Waals surface area contributed by atoms with Crippen LogP contribution in [0.15, 0.2) is 5.10 Å². The van der Waals surface area contributed by atoms with Gasteiger partial charge in [-0.15, -0.1) is 0 Å². The van der Waals surface area contributed by atoms with Gasteiger partial charge in [-0.3, -0.25) is 4.79 Å². The number of hydrogen-bond acceptors (Lipinski definition) is 2. The third-order valence-corrected chi connectivity index (χ3v) is 3.07. The molecule has 0 saturated heterocycles. The summed E-state index contributed by atoms with van der Waals surface area (Å²) in [6.07, 6.45) is 6.72. The Bertz CT molecular complexity index is 260. The first-order valence-electron chi connectivity index (χ1n) is 5.71. The highest BCUT2D eigenvalue weighted by Gasteiger charge is 2.35. The highest BCUT2D eigenvalue weighted by atomic mass is 16.2. The van der Waals surface area contributed by atoms with Crippen LogP contribution in [-0.2, 0) is 4.79 Å². The Hall–Kier alpha value is -0.860. The maximum atomic E-state index is 11.9. The number of hydrazone groups is 1. The minimum atomic E-state index is 0.143. The molecular weight excluding hydrogens is 176 g/mol. The largest absolute Gasteiger partial charge is 0.272 e. The maximum Gasteiger partial charge on any atom is 0.251 e. The fourth-order valence-corrected chi connectivity index (χ4v) is 2.31. The van der Waals surface area contributed by atoms with E-state index in [1.165, 1.54) is 19.3 Å². The minimum Gasteiger partial charge on any atom is -0.272 e. The number of amides is 1. The number of carbonyl (C=O) groups excluding carboxylic acids is 1. The van der Waals surface area contributed by atoms with Gasteiger partial charge in [0.1, 0.15) is 0 Å². The topological polar surface area (TPSA) is 32.7 Å². The Morgan fingerprint density at radius 3 is 3.07 bits per heavy atom. The van der Waals surface area contributed by atoms with Gasteiger partial charge in [0.25, 0.3) is 5.91 Å². The SMILES string of the molecule is CCCN1N=C2CCCCCC2C1=O. The fraction of sp³-hybridized carbons (Fsp3) is 0.818. The molecule has 0 aromatic carbocycles. The molecule has 0 N–H and O–H groups in total. The zero-order chi connectivity index (χ0) is 9.97. The van der Waals surface area contributed by atoms with Gasteiger partial charge in [-0.2, -0.15) is 5.10 Å². The van der Waals surface area contributed by atoms with Crippen LogP contribution in [0.5, 0.6) is 0 Å². The van der Waals surface area contributed by atoms with Crippen molar-refractivity contribution in [3.63, 3.8) is 0 Å². The molecular formula is C11H18N2O. The van der Waals surface area contributed by atoms with Crippen molar-refractivity contribution in [3.05, 3.63) is 0 Å². The molecule has 2 aliphatic rings. The zero-order valence-electron chi connectivity index (χ0n) is 8.83. The second-order valence-corrected chi connectivity index (χ2v) is 4.20. The monoisotopic (exact) mass is 194 g/mol. The zero-order valence-corrected chi connectivity index (χ0v) is 8.83. The van der Waals surface area contributed by atoms with Crippen LogP contribution in [0.4, 0.5) is 0 Å². The summed E-state index contributed by atoms with van der Waals surface area (Å²) in [6, 6.07) is 0. The average Bonchev–Trinajstić information content (AvgIpc) is 2.41. The molecule has 0 bridgehead atoms. The Labute approximate surface area is 85.2 Å². The Morgan fingerprint density at radius 1 is 1.43 bits per heavy atom. The van der Waals surface area contributed by atoms with Crippen molar-refractivity contribution in [1.82, 2.24) is 5.01 Å². The summed E-state index contributed by atoms with van der Waals surface area (Å²) >= 11 is 0. The Balaban J connectivity index is 2.10. The van der Waals surface area contributed by atoms with Gasteiger partial charge >= 0.3 is 0 Å². The molecule has 78 valence electrons. The second kappa shape index (κ2) is 4.11. The van der Waals surface area contributed by atoms with Gasteiger partial charge in [-0.05, 0) is 25.7 Å². The van der Waals surface area contributed by atoms with Crippen LogP contribution in [-0.4, -0.2) is 23.2 Å². The summed E-state index contributed by atoms with van der Waals surface area (Å²) in [5, 5.41) is 6.13. The lowest BCUT2D eigenvalue weighted by Crippen LogP contribution is -2.27. The molecule has 1 amide bonds. The standard InChI is InChI=1S/C11H18N2O/c1-2-8-13-11(14)9-6-4-3-5-7-10(9)12-13/h9H,2-8H2,1H3. The number of carbonyl (C=O) groups is 1. The van der Waals surface area contributed by atoms with E-state index < -0.39 is 0 Å². The van der Waals surface area contributed by atoms with Gasteiger partial charge in [0.05, 0.1) is 11.6 Å². The molecule has 1 aliphatic carbocycles. The molecule has 0 spiro atoms. The predicted octanol–water partition coefficient (Wildman–Crippen LogP) is 2.17. The lowest BCUT2D eigenvalue weighted by Gasteiger charge is -2.12. The van der Waals surface area contributed by atoms with E-state index in [1.54, 1.807) is 5.01 Å². The first-order valence-corrected chi connectivity index (χ1v) is 5.71. The first kappa shape index (κ1) is 9.69. The summed E-state index contributed by atoms with van der Waals surface area (Å²) in [5.74, 6) is 0.396. The molecule has 0 aromatic rings. The van der Waals surface area contributed by atoms with Crippen molar-refractivity contribution in [2.45, 2.75) is 45.4 Å². The van der Waals surface area contributed by atoms with Gasteiger partial charge in [-0.25, -0.2) is 5.01 Å². The lowest BCUT2D eigenvalue weighted by molar-refractivity contribution is -0.131. The highest BCUT2D eigenvalue weighted by Crippen LogP contribution is 2.27. The highest BCUT2D eigenvalue weighted by molar-refractivity contribution is 6.08. The number of nitrogens with zero attached hydrogens (tertiary/aromatic N) is 2. The summed E-state index contributed by atoms with van der Waals surface area (Å²) in [6.45, 7) is 2.88. The Kier molecular flexibility index (Phi) is 2.85. The van der Waals surface area contributed by atoms with E-state index in [9.17, 15) is 4.79 Å². The van der Waals surface area contributed by atoms with Crippen molar-refractivity contribution in [2.75, 3.05) is 6.54 Å². The number of rotatable bonds is 2. The molecule has 1 fully saturated rings. The van der Waals surface area contributed by atoms with Crippen LogP contribution in [0.25, 0.3) is 0 Å². The third-order valence-electron chi connectivity index (χ3n) is 3.07. The minimum absolute atomic E-state index is 0.143. The summed E-state index contributed by atoms with van der Waals surface area (Å²) in [5.41, 5.74) is 1.15. The summed E-state index contributed by atoms with van der Waals surface area (Å²) < 4.78 is 0. The molecule has 0 aromatic heterocycles. The van der Waals surface area contributed by atoms with Gasteiger partial charge in [0.15, 0.2) is 0 Å². The van der Waals surface area contributed by atoms with Crippen LogP contribution < -0.4 is 0 Å². The third kappa shape index (κ3) is 1.68. The van der Waals surface area contributed by atoms with Crippen molar-refractivity contribution in [1.29, 1.82) is 0 Å². The summed E-state index contributed by atoms with van der Waals surface area (Å²) in [4.78, 5) is 11.9. The van der Waals surface area contributed by atoms with Gasteiger partial charge in [-0.1, -0.05) is 19.8 Å². The molecule has 1 atom stereocenters. The molecule has 3 nitrogen and oxygen atoms in total. The first-order chi connectivity index (χ1) is 6.83. The van der Waals surface area contributed by atoms with Crippen LogP contribution in [0.2, 0.25) is 0 Å². The van der Waals surface area contributed by atoms with E-state index in [0.29, 0.717) is 0 Å². The molecule has 1 saturated carbocycles. The van der Waals surface area contributed by atoms with Crippen molar-refractivity contribution in [3.8, 4) is 0 Å². The number of fused-ring (bicyclic) bond motifs is 1. The maximum absolute atomic E-state index is 11.9. The van der Waals surface area contributed by atoms with E-state index in [4.69, 9.17) is 0 Å². The normalized spacial score (nSPS) is 27.2. The molecule has 3 heteroatoms. The van der Waals surface area contributed by atoms with Crippen LogP contribution in [0.3, 0.4) is 0 Å². The smallest absolute Gasteiger partial charge is 0.251 e. The van der Waals surface area contributed by atoms with Gasteiger partial charge in [0, 0.05) is 6.54 Å². The predicted molar refractivity (Wildman–Crippen MR) is 56.0 cm³/mol. The van der Waals surface area contributed by atoms with E-state index >= 15 is 0 Å².